The monoisotopic (exact) mass is 533 g/mol. The summed E-state index contributed by atoms with van der Waals surface area (Å²) < 4.78 is 30.0. The zero-order valence-electron chi connectivity index (χ0n) is 22.7. The number of nitrogens with one attached hydrogen (secondary N) is 1. The van der Waals surface area contributed by atoms with Crippen LogP contribution in [0.1, 0.15) is 37.6 Å². The van der Waals surface area contributed by atoms with E-state index in [1.807, 2.05) is 18.3 Å². The summed E-state index contributed by atoms with van der Waals surface area (Å²) in [7, 11) is 0. The lowest BCUT2D eigenvalue weighted by Gasteiger charge is -2.33. The van der Waals surface area contributed by atoms with Crippen LogP contribution in [-0.4, -0.2) is 67.6 Å². The Bertz CT molecular complexity index is 1480. The lowest BCUT2D eigenvalue weighted by Crippen LogP contribution is -2.45. The van der Waals surface area contributed by atoms with Crippen LogP contribution >= 0.6 is 0 Å². The fourth-order valence-corrected chi connectivity index (χ4v) is 4.91. The van der Waals surface area contributed by atoms with Crippen molar-refractivity contribution in [2.75, 3.05) is 38.0 Å². The highest BCUT2D eigenvalue weighted by Crippen LogP contribution is 2.34. The molecule has 8 nitrogen and oxygen atoms in total. The molecule has 0 amide bonds. The predicted molar refractivity (Wildman–Crippen MR) is 148 cm³/mol. The number of aliphatic hydroxyl groups is 1. The summed E-state index contributed by atoms with van der Waals surface area (Å²) in [5.41, 5.74) is 1.17. The zero-order valence-corrected chi connectivity index (χ0v) is 22.7. The van der Waals surface area contributed by atoms with E-state index in [0.29, 0.717) is 22.5 Å². The zero-order chi connectivity index (χ0) is 27.7. The molecule has 1 aliphatic heterocycles. The van der Waals surface area contributed by atoms with Gasteiger partial charge in [-0.2, -0.15) is 0 Å². The van der Waals surface area contributed by atoms with Crippen molar-refractivity contribution in [3.05, 3.63) is 71.2 Å². The molecule has 4 aromatic rings. The number of hydrogen-bond donors (Lipinski definition) is 2. The maximum absolute atomic E-state index is 15.2. The molecule has 1 aromatic carbocycles. The highest BCUT2D eigenvalue weighted by molar-refractivity contribution is 5.88. The van der Waals surface area contributed by atoms with E-state index >= 15 is 4.39 Å². The van der Waals surface area contributed by atoms with Crippen molar-refractivity contribution in [2.45, 2.75) is 39.8 Å². The van der Waals surface area contributed by atoms with Gasteiger partial charge in [-0.1, -0.05) is 13.0 Å². The molecule has 10 heteroatoms. The fourth-order valence-electron chi connectivity index (χ4n) is 4.91. The predicted octanol–water partition coefficient (Wildman–Crippen LogP) is 4.78. The third-order valence-electron chi connectivity index (χ3n) is 7.05. The number of benzene rings is 1. The summed E-state index contributed by atoms with van der Waals surface area (Å²) in [4.78, 5) is 22.0. The van der Waals surface area contributed by atoms with E-state index in [1.165, 1.54) is 6.07 Å². The van der Waals surface area contributed by atoms with Crippen LogP contribution in [0.2, 0.25) is 0 Å². The van der Waals surface area contributed by atoms with E-state index < -0.39 is 17.2 Å². The van der Waals surface area contributed by atoms with Crippen LogP contribution in [0.15, 0.2) is 42.7 Å². The number of hydrogen-bond acceptors (Lipinski definition) is 8. The second kappa shape index (κ2) is 10.9. The summed E-state index contributed by atoms with van der Waals surface area (Å²) >= 11 is 0. The molecule has 204 valence electrons. The van der Waals surface area contributed by atoms with E-state index in [-0.39, 0.29) is 22.7 Å². The summed E-state index contributed by atoms with van der Waals surface area (Å²) in [5.74, 6) is -0.679. The van der Waals surface area contributed by atoms with Gasteiger partial charge in [-0.05, 0) is 62.7 Å². The minimum absolute atomic E-state index is 0.0709. The van der Waals surface area contributed by atoms with Gasteiger partial charge in [-0.15, -0.1) is 0 Å². The molecule has 2 N–H and O–H groups in total. The van der Waals surface area contributed by atoms with E-state index in [4.69, 9.17) is 0 Å². The number of anilines is 2. The van der Waals surface area contributed by atoms with Gasteiger partial charge in [-0.25, -0.2) is 23.7 Å². The molecule has 1 saturated heterocycles. The Morgan fingerprint density at radius 1 is 0.949 bits per heavy atom. The van der Waals surface area contributed by atoms with Gasteiger partial charge >= 0.3 is 0 Å². The molecule has 0 radical (unpaired) electrons. The van der Waals surface area contributed by atoms with Crippen molar-refractivity contribution in [3.63, 3.8) is 0 Å². The van der Waals surface area contributed by atoms with Crippen LogP contribution in [0.5, 0.6) is 0 Å². The number of aryl methyl sites for hydroxylation is 1. The molecule has 0 bridgehead atoms. The maximum atomic E-state index is 15.2. The van der Waals surface area contributed by atoms with Crippen molar-refractivity contribution in [3.8, 4) is 11.3 Å². The number of rotatable bonds is 7. The average molecular weight is 534 g/mol. The Kier molecular flexibility index (Phi) is 7.53. The molecule has 3 aromatic heterocycles. The SMILES string of the molecule is CCN1CCN(Cc2ccc(Nc3ncc(F)c(-c4cc(F)c5nc(C)cc(C(C)(C)O)c5c4)n3)nc2)CC1. The first-order valence-electron chi connectivity index (χ1n) is 13.1. The fraction of sp³-hybridized carbons (Fsp3) is 0.379. The van der Waals surface area contributed by atoms with Crippen molar-refractivity contribution < 1.29 is 13.9 Å². The molecule has 0 saturated carbocycles. The minimum atomic E-state index is -1.25. The second-order valence-electron chi connectivity index (χ2n) is 10.5. The molecule has 0 spiro atoms. The van der Waals surface area contributed by atoms with Crippen LogP contribution in [0.25, 0.3) is 22.2 Å². The van der Waals surface area contributed by atoms with Gasteiger partial charge in [0.1, 0.15) is 22.8 Å². The van der Waals surface area contributed by atoms with Gasteiger partial charge in [0, 0.05) is 55.6 Å². The van der Waals surface area contributed by atoms with Gasteiger partial charge in [0.05, 0.1) is 11.8 Å². The number of pyridine rings is 2. The third-order valence-corrected chi connectivity index (χ3v) is 7.05. The summed E-state index contributed by atoms with van der Waals surface area (Å²) in [6, 6.07) is 8.34. The Morgan fingerprint density at radius 3 is 2.36 bits per heavy atom. The quantitative estimate of drug-likeness (QED) is 0.351. The number of piperazine rings is 1. The van der Waals surface area contributed by atoms with Gasteiger partial charge < -0.3 is 15.3 Å². The van der Waals surface area contributed by atoms with E-state index in [2.05, 4.69) is 42.0 Å². The number of aromatic nitrogens is 4. The first-order chi connectivity index (χ1) is 18.6. The van der Waals surface area contributed by atoms with Gasteiger partial charge in [0.15, 0.2) is 5.82 Å². The summed E-state index contributed by atoms with van der Waals surface area (Å²) in [6.45, 7) is 13.3. The summed E-state index contributed by atoms with van der Waals surface area (Å²) in [6.07, 6.45) is 2.85. The van der Waals surface area contributed by atoms with Crippen molar-refractivity contribution >= 4 is 22.7 Å². The van der Waals surface area contributed by atoms with Crippen molar-refractivity contribution in [1.29, 1.82) is 0 Å². The number of halogens is 2. The largest absolute Gasteiger partial charge is 0.386 e. The number of nitrogens with zero attached hydrogens (tertiary/aromatic N) is 6. The number of likely N-dealkylation sites (N-methyl/N-ethyl adjacent to an activating group) is 1. The summed E-state index contributed by atoms with van der Waals surface area (Å²) in [5, 5.41) is 14.1. The van der Waals surface area contributed by atoms with E-state index in [9.17, 15) is 9.50 Å². The normalized spacial score (nSPS) is 15.2. The Morgan fingerprint density at radius 2 is 1.69 bits per heavy atom. The topological polar surface area (TPSA) is 90.3 Å². The standard InChI is InChI=1S/C29H33F2N7O/c1-5-37-8-10-38(11-9-37)17-19-6-7-25(32-15-19)35-28-33-16-24(31)26(36-28)20-13-21-22(29(3,4)39)12-18(2)34-27(21)23(30)14-20/h6-7,12-16,39H,5,8-11,17H2,1-4H3,(H,32,33,35,36). The van der Waals surface area contributed by atoms with E-state index in [0.717, 1.165) is 51.0 Å². The van der Waals surface area contributed by atoms with Crippen LogP contribution in [-0.2, 0) is 12.1 Å². The average Bonchev–Trinajstić information content (AvgIpc) is 2.90. The highest BCUT2D eigenvalue weighted by Gasteiger charge is 2.23. The molecule has 0 atom stereocenters. The second-order valence-corrected chi connectivity index (χ2v) is 10.5. The highest BCUT2D eigenvalue weighted by atomic mass is 19.1. The molecule has 1 fully saturated rings. The Labute approximate surface area is 226 Å². The van der Waals surface area contributed by atoms with Crippen LogP contribution in [0, 0.1) is 18.6 Å². The Hall–Kier alpha value is -3.60. The third kappa shape index (κ3) is 6.03. The lowest BCUT2D eigenvalue weighted by molar-refractivity contribution is 0.0800. The first-order valence-corrected chi connectivity index (χ1v) is 13.1. The molecular formula is C29H33F2N7O. The number of fused-ring (bicyclic) bond motifs is 1. The van der Waals surface area contributed by atoms with Gasteiger partial charge in [-0.3, -0.25) is 9.88 Å². The molecule has 4 heterocycles. The molecule has 39 heavy (non-hydrogen) atoms. The van der Waals surface area contributed by atoms with Crippen molar-refractivity contribution in [2.24, 2.45) is 0 Å². The lowest BCUT2D eigenvalue weighted by atomic mass is 9.92. The molecule has 0 unspecified atom stereocenters. The molecule has 5 rings (SSSR count). The van der Waals surface area contributed by atoms with Crippen molar-refractivity contribution in [1.82, 2.24) is 29.7 Å². The molecular weight excluding hydrogens is 500 g/mol. The van der Waals surface area contributed by atoms with Crippen LogP contribution < -0.4 is 5.32 Å². The van der Waals surface area contributed by atoms with Gasteiger partial charge in [0.25, 0.3) is 0 Å². The Balaban J connectivity index is 1.38. The van der Waals surface area contributed by atoms with Gasteiger partial charge in [0.2, 0.25) is 5.95 Å². The van der Waals surface area contributed by atoms with E-state index in [1.54, 1.807) is 32.9 Å². The van der Waals surface area contributed by atoms with Crippen LogP contribution in [0.4, 0.5) is 20.5 Å². The minimum Gasteiger partial charge on any atom is -0.386 e. The smallest absolute Gasteiger partial charge is 0.229 e. The maximum Gasteiger partial charge on any atom is 0.229 e. The molecule has 1 aliphatic rings. The molecule has 0 aliphatic carbocycles. The van der Waals surface area contributed by atoms with Crippen LogP contribution in [0.3, 0.4) is 0 Å². The first kappa shape index (κ1) is 27.0.